The fraction of sp³-hybridized carbons (Fsp3) is 0.600. The lowest BCUT2D eigenvalue weighted by Gasteiger charge is -2.35. The normalized spacial score (nSPS) is 16.0. The molecule has 7 nitrogen and oxygen atoms in total. The van der Waals surface area contributed by atoms with Crippen LogP contribution in [-0.4, -0.2) is 68.8 Å². The van der Waals surface area contributed by atoms with Gasteiger partial charge >= 0.3 is 0 Å². The second kappa shape index (κ2) is 7.74. The Labute approximate surface area is 141 Å². The van der Waals surface area contributed by atoms with E-state index in [1.165, 1.54) is 0 Å². The van der Waals surface area contributed by atoms with Crippen molar-refractivity contribution in [3.63, 3.8) is 0 Å². The topological polar surface area (TPSA) is 63.0 Å². The van der Waals surface area contributed by atoms with Crippen LogP contribution in [0.15, 0.2) is 23.6 Å². The van der Waals surface area contributed by atoms with Crippen molar-refractivity contribution in [3.05, 3.63) is 24.2 Å². The maximum Gasteiger partial charge on any atom is 0.189 e. The first-order chi connectivity index (χ1) is 11.3. The van der Waals surface area contributed by atoms with Gasteiger partial charge in [0.2, 0.25) is 0 Å². The molecule has 1 aliphatic heterocycles. The summed E-state index contributed by atoms with van der Waals surface area (Å²) in [4.78, 5) is 14.0. The van der Waals surface area contributed by atoms with E-state index in [0.29, 0.717) is 0 Å². The Morgan fingerprint density at radius 2 is 1.96 bits per heavy atom. The number of hydrogen-bond donors (Lipinski definition) is 0. The summed E-state index contributed by atoms with van der Waals surface area (Å²) in [5.74, 6) is 1.07. The molecule has 0 bridgehead atoms. The van der Waals surface area contributed by atoms with Crippen LogP contribution in [-0.2, 0) is 13.0 Å². The van der Waals surface area contributed by atoms with Gasteiger partial charge in [-0.1, -0.05) is 23.9 Å². The first-order valence-corrected chi connectivity index (χ1v) is 9.24. The monoisotopic (exact) mass is 333 g/mol. The lowest BCUT2D eigenvalue weighted by atomic mass is 10.2. The fourth-order valence-electron chi connectivity index (χ4n) is 2.69. The largest absolute Gasteiger partial charge is 0.354 e. The van der Waals surface area contributed by atoms with E-state index < -0.39 is 0 Å². The van der Waals surface area contributed by atoms with Gasteiger partial charge in [-0.25, -0.2) is 9.97 Å². The van der Waals surface area contributed by atoms with E-state index in [-0.39, 0.29) is 0 Å². The summed E-state index contributed by atoms with van der Waals surface area (Å²) < 4.78 is 1.88. The number of piperazine rings is 1. The number of anilines is 1. The van der Waals surface area contributed by atoms with E-state index in [9.17, 15) is 0 Å². The van der Waals surface area contributed by atoms with Crippen molar-refractivity contribution in [3.8, 4) is 0 Å². The molecule has 0 aromatic carbocycles. The summed E-state index contributed by atoms with van der Waals surface area (Å²) in [6.45, 7) is 8.15. The Bertz CT molecular complexity index is 586. The Morgan fingerprint density at radius 3 is 2.61 bits per heavy atom. The van der Waals surface area contributed by atoms with Crippen molar-refractivity contribution in [1.82, 2.24) is 29.9 Å². The maximum absolute atomic E-state index is 4.67. The average Bonchev–Trinajstić information content (AvgIpc) is 3.13. The van der Waals surface area contributed by atoms with Gasteiger partial charge in [-0.2, -0.15) is 0 Å². The zero-order valence-electron chi connectivity index (χ0n) is 13.7. The molecule has 3 heterocycles. The van der Waals surface area contributed by atoms with E-state index in [2.05, 4.69) is 43.1 Å². The van der Waals surface area contributed by atoms with Crippen LogP contribution in [0.4, 0.5) is 5.82 Å². The van der Waals surface area contributed by atoms with E-state index >= 15 is 0 Å². The predicted molar refractivity (Wildman–Crippen MR) is 91.9 cm³/mol. The number of rotatable bonds is 6. The third kappa shape index (κ3) is 4.20. The summed E-state index contributed by atoms with van der Waals surface area (Å²) in [5.41, 5.74) is 1.12. The Morgan fingerprint density at radius 1 is 1.13 bits per heavy atom. The van der Waals surface area contributed by atoms with Crippen LogP contribution in [0.2, 0.25) is 0 Å². The van der Waals surface area contributed by atoms with Gasteiger partial charge < -0.3 is 4.90 Å². The Hall–Kier alpha value is -1.67. The van der Waals surface area contributed by atoms with Crippen LogP contribution in [0.5, 0.6) is 0 Å². The maximum atomic E-state index is 4.67. The quantitative estimate of drug-likeness (QED) is 0.581. The number of aromatic nitrogens is 5. The van der Waals surface area contributed by atoms with Gasteiger partial charge in [0.15, 0.2) is 5.16 Å². The molecular weight excluding hydrogens is 310 g/mol. The third-order valence-electron chi connectivity index (χ3n) is 4.10. The molecule has 1 fully saturated rings. The van der Waals surface area contributed by atoms with E-state index in [0.717, 1.165) is 62.4 Å². The lowest BCUT2D eigenvalue weighted by molar-refractivity contribution is 0.243. The van der Waals surface area contributed by atoms with Crippen LogP contribution < -0.4 is 4.90 Å². The standard InChI is InChI=1S/C15H23N7S/c1-3-13-12-14(18-15(17-13)23-2)21-9-6-20(7-10-21)8-11-22-5-4-16-19-22/h4-5,12H,3,6-11H2,1-2H3. The van der Waals surface area contributed by atoms with Gasteiger partial charge in [0, 0.05) is 50.7 Å². The van der Waals surface area contributed by atoms with Gasteiger partial charge in [0.1, 0.15) is 5.82 Å². The summed E-state index contributed by atoms with van der Waals surface area (Å²) >= 11 is 1.61. The smallest absolute Gasteiger partial charge is 0.189 e. The van der Waals surface area contributed by atoms with Gasteiger partial charge in [0.05, 0.1) is 12.7 Å². The highest BCUT2D eigenvalue weighted by molar-refractivity contribution is 7.98. The summed E-state index contributed by atoms with van der Waals surface area (Å²) in [6, 6.07) is 2.13. The molecule has 0 N–H and O–H groups in total. The molecule has 2 aromatic rings. The molecule has 0 saturated carbocycles. The molecule has 23 heavy (non-hydrogen) atoms. The minimum absolute atomic E-state index is 0.868. The highest BCUT2D eigenvalue weighted by Gasteiger charge is 2.19. The number of hydrogen-bond acceptors (Lipinski definition) is 7. The molecular formula is C15H23N7S. The molecule has 0 aliphatic carbocycles. The Balaban J connectivity index is 1.56. The number of aryl methyl sites for hydroxylation is 1. The van der Waals surface area contributed by atoms with Crippen LogP contribution in [0.3, 0.4) is 0 Å². The minimum Gasteiger partial charge on any atom is -0.354 e. The average molecular weight is 333 g/mol. The van der Waals surface area contributed by atoms with Crippen molar-refractivity contribution in [1.29, 1.82) is 0 Å². The van der Waals surface area contributed by atoms with Crippen LogP contribution in [0.25, 0.3) is 0 Å². The summed E-state index contributed by atoms with van der Waals surface area (Å²) in [7, 11) is 0. The van der Waals surface area contributed by atoms with Gasteiger partial charge in [0.25, 0.3) is 0 Å². The SMILES string of the molecule is CCc1cc(N2CCN(CCn3ccnn3)CC2)nc(SC)n1. The van der Waals surface area contributed by atoms with Gasteiger partial charge in [-0.15, -0.1) is 5.10 Å². The first kappa shape index (κ1) is 16.2. The van der Waals surface area contributed by atoms with Crippen molar-refractivity contribution in [2.75, 3.05) is 43.9 Å². The van der Waals surface area contributed by atoms with Crippen molar-refractivity contribution in [2.45, 2.75) is 25.0 Å². The number of thioether (sulfide) groups is 1. The van der Waals surface area contributed by atoms with Crippen molar-refractivity contribution >= 4 is 17.6 Å². The highest BCUT2D eigenvalue weighted by Crippen LogP contribution is 2.19. The molecule has 3 rings (SSSR count). The summed E-state index contributed by atoms with van der Waals surface area (Å²) in [6.07, 6.45) is 6.61. The van der Waals surface area contributed by atoms with Crippen molar-refractivity contribution in [2.24, 2.45) is 0 Å². The van der Waals surface area contributed by atoms with Crippen LogP contribution in [0, 0.1) is 0 Å². The molecule has 2 aromatic heterocycles. The molecule has 8 heteroatoms. The van der Waals surface area contributed by atoms with E-state index in [1.807, 2.05) is 17.1 Å². The lowest BCUT2D eigenvalue weighted by Crippen LogP contribution is -2.47. The summed E-state index contributed by atoms with van der Waals surface area (Å²) in [5, 5.41) is 8.72. The van der Waals surface area contributed by atoms with Gasteiger partial charge in [-0.05, 0) is 12.7 Å². The molecule has 0 unspecified atom stereocenters. The van der Waals surface area contributed by atoms with Gasteiger partial charge in [-0.3, -0.25) is 9.58 Å². The predicted octanol–water partition coefficient (Wildman–Crippen LogP) is 1.17. The zero-order valence-corrected chi connectivity index (χ0v) is 14.5. The van der Waals surface area contributed by atoms with Crippen molar-refractivity contribution < 1.29 is 0 Å². The molecule has 124 valence electrons. The molecule has 1 aliphatic rings. The molecule has 0 radical (unpaired) electrons. The van der Waals surface area contributed by atoms with E-state index in [4.69, 9.17) is 0 Å². The molecule has 0 atom stereocenters. The molecule has 1 saturated heterocycles. The second-order valence-corrected chi connectivity index (χ2v) is 6.33. The molecule has 0 spiro atoms. The number of nitrogens with zero attached hydrogens (tertiary/aromatic N) is 7. The highest BCUT2D eigenvalue weighted by atomic mass is 32.2. The van der Waals surface area contributed by atoms with Crippen LogP contribution >= 0.6 is 11.8 Å². The zero-order chi connectivity index (χ0) is 16.1. The minimum atomic E-state index is 0.868. The fourth-order valence-corrected chi connectivity index (χ4v) is 3.08. The third-order valence-corrected chi connectivity index (χ3v) is 4.65. The van der Waals surface area contributed by atoms with E-state index in [1.54, 1.807) is 18.0 Å². The molecule has 0 amide bonds. The second-order valence-electron chi connectivity index (χ2n) is 5.55. The van der Waals surface area contributed by atoms with Crippen LogP contribution in [0.1, 0.15) is 12.6 Å². The Kier molecular flexibility index (Phi) is 5.45. The first-order valence-electron chi connectivity index (χ1n) is 8.02.